The molecule has 4 nitrogen and oxygen atoms in total. The molecular weight excluding hydrogens is 396 g/mol. The summed E-state index contributed by atoms with van der Waals surface area (Å²) in [5.74, 6) is -0.234. The minimum absolute atomic E-state index is 0.234. The van der Waals surface area contributed by atoms with Gasteiger partial charge in [-0.2, -0.15) is 0 Å². The maximum absolute atomic E-state index is 12.0. The average molecular weight is 414 g/mol. The molecule has 1 N–H and O–H groups in total. The standard InChI is InChI=1S/C12H18Br2N2O2S/c1-4-18-12(17)10(15-5-6-16(2)3)9-7-8(13)11(14)19-9/h7,10,15H,4-6H2,1-3H3. The van der Waals surface area contributed by atoms with Gasteiger partial charge in [0.15, 0.2) is 0 Å². The topological polar surface area (TPSA) is 41.6 Å². The van der Waals surface area contributed by atoms with E-state index in [1.54, 1.807) is 0 Å². The lowest BCUT2D eigenvalue weighted by molar-refractivity contribution is -0.145. The van der Waals surface area contributed by atoms with E-state index in [1.165, 1.54) is 11.3 Å². The van der Waals surface area contributed by atoms with Gasteiger partial charge in [0.1, 0.15) is 6.04 Å². The third-order valence-corrected chi connectivity index (χ3v) is 5.70. The van der Waals surface area contributed by atoms with Crippen LogP contribution < -0.4 is 5.32 Å². The van der Waals surface area contributed by atoms with Crippen LogP contribution in [0.4, 0.5) is 0 Å². The Labute approximate surface area is 134 Å². The lowest BCUT2D eigenvalue weighted by Crippen LogP contribution is -2.34. The van der Waals surface area contributed by atoms with E-state index in [2.05, 4.69) is 42.1 Å². The number of esters is 1. The van der Waals surface area contributed by atoms with Crippen LogP contribution in [0.5, 0.6) is 0 Å². The molecule has 0 aromatic carbocycles. The number of hydrogen-bond donors (Lipinski definition) is 1. The van der Waals surface area contributed by atoms with Crippen molar-refractivity contribution in [2.45, 2.75) is 13.0 Å². The molecule has 7 heteroatoms. The second-order valence-corrected chi connectivity index (χ2v) is 7.47. The first-order chi connectivity index (χ1) is 8.95. The normalized spacial score (nSPS) is 12.7. The highest BCUT2D eigenvalue weighted by molar-refractivity contribution is 9.13. The molecule has 0 saturated carbocycles. The molecule has 1 aromatic rings. The first-order valence-electron chi connectivity index (χ1n) is 5.95. The van der Waals surface area contributed by atoms with E-state index in [1.807, 2.05) is 27.1 Å². The van der Waals surface area contributed by atoms with Gasteiger partial charge in [-0.15, -0.1) is 11.3 Å². The molecule has 1 rings (SSSR count). The Kier molecular flexibility index (Phi) is 7.53. The van der Waals surface area contributed by atoms with Gasteiger partial charge in [0.05, 0.1) is 10.4 Å². The molecule has 19 heavy (non-hydrogen) atoms. The summed E-state index contributed by atoms with van der Waals surface area (Å²) >= 11 is 8.42. The molecule has 0 bridgehead atoms. The second-order valence-electron chi connectivity index (χ2n) is 4.21. The summed E-state index contributed by atoms with van der Waals surface area (Å²) in [6.45, 7) is 3.79. The molecule has 0 aliphatic rings. The number of nitrogens with zero attached hydrogens (tertiary/aromatic N) is 1. The summed E-state index contributed by atoms with van der Waals surface area (Å²) in [7, 11) is 4.00. The van der Waals surface area contributed by atoms with Crippen LogP contribution in [0, 0.1) is 0 Å². The zero-order valence-corrected chi connectivity index (χ0v) is 15.2. The number of nitrogens with one attached hydrogen (secondary N) is 1. The number of thiophene rings is 1. The smallest absolute Gasteiger partial charge is 0.328 e. The van der Waals surface area contributed by atoms with E-state index in [0.717, 1.165) is 26.2 Å². The van der Waals surface area contributed by atoms with Crippen LogP contribution in [0.2, 0.25) is 0 Å². The van der Waals surface area contributed by atoms with E-state index in [4.69, 9.17) is 4.74 Å². The fraction of sp³-hybridized carbons (Fsp3) is 0.583. The third-order valence-electron chi connectivity index (χ3n) is 2.38. The first-order valence-corrected chi connectivity index (χ1v) is 8.35. The first kappa shape index (κ1) is 17.1. The molecule has 108 valence electrons. The number of ether oxygens (including phenoxy) is 1. The summed E-state index contributed by atoms with van der Waals surface area (Å²) in [5, 5.41) is 3.25. The van der Waals surface area contributed by atoms with Crippen molar-refractivity contribution in [2.24, 2.45) is 0 Å². The van der Waals surface area contributed by atoms with Crippen LogP contribution in [-0.4, -0.2) is 44.7 Å². The van der Waals surface area contributed by atoms with Gasteiger partial charge in [-0.3, -0.25) is 5.32 Å². The highest BCUT2D eigenvalue weighted by Crippen LogP contribution is 2.35. The average Bonchev–Trinajstić information content (AvgIpc) is 2.64. The fourth-order valence-corrected chi connectivity index (χ4v) is 3.62. The minimum Gasteiger partial charge on any atom is -0.465 e. The lowest BCUT2D eigenvalue weighted by atomic mass is 10.2. The predicted molar refractivity (Wildman–Crippen MR) is 85.6 cm³/mol. The van der Waals surface area contributed by atoms with Crippen LogP contribution in [0.3, 0.4) is 0 Å². The van der Waals surface area contributed by atoms with E-state index in [9.17, 15) is 4.79 Å². The molecule has 0 aliphatic carbocycles. The molecule has 1 atom stereocenters. The van der Waals surface area contributed by atoms with Gasteiger partial charge < -0.3 is 9.64 Å². The number of hydrogen-bond acceptors (Lipinski definition) is 5. The highest BCUT2D eigenvalue weighted by atomic mass is 79.9. The largest absolute Gasteiger partial charge is 0.465 e. The second kappa shape index (κ2) is 8.36. The summed E-state index contributed by atoms with van der Waals surface area (Å²) in [4.78, 5) is 15.0. The predicted octanol–water partition coefficient (Wildman–Crippen LogP) is 3.03. The quantitative estimate of drug-likeness (QED) is 0.697. The fourth-order valence-electron chi connectivity index (χ4n) is 1.46. The maximum Gasteiger partial charge on any atom is 0.328 e. The van der Waals surface area contributed by atoms with Crippen molar-refractivity contribution in [3.05, 3.63) is 19.2 Å². The van der Waals surface area contributed by atoms with Crippen molar-refractivity contribution in [1.29, 1.82) is 0 Å². The van der Waals surface area contributed by atoms with Gasteiger partial charge in [-0.25, -0.2) is 4.79 Å². The van der Waals surface area contributed by atoms with Gasteiger partial charge >= 0.3 is 5.97 Å². The molecule has 1 unspecified atom stereocenters. The zero-order valence-electron chi connectivity index (χ0n) is 11.2. The Balaban J connectivity index is 2.76. The molecular formula is C12H18Br2N2O2S. The van der Waals surface area contributed by atoms with Crippen molar-refractivity contribution in [3.63, 3.8) is 0 Å². The van der Waals surface area contributed by atoms with Crippen LogP contribution in [0.25, 0.3) is 0 Å². The molecule has 1 heterocycles. The van der Waals surface area contributed by atoms with Gasteiger partial charge in [0, 0.05) is 22.4 Å². The number of carbonyl (C=O) groups excluding carboxylic acids is 1. The number of likely N-dealkylation sites (N-methyl/N-ethyl adjacent to an activating group) is 1. The molecule has 0 spiro atoms. The van der Waals surface area contributed by atoms with Crippen LogP contribution in [0.15, 0.2) is 14.3 Å². The molecule has 0 aliphatic heterocycles. The Morgan fingerprint density at radius 2 is 2.21 bits per heavy atom. The molecule has 0 fully saturated rings. The van der Waals surface area contributed by atoms with Crippen molar-refractivity contribution in [1.82, 2.24) is 10.2 Å². The van der Waals surface area contributed by atoms with Gasteiger partial charge in [-0.05, 0) is 58.9 Å². The highest BCUT2D eigenvalue weighted by Gasteiger charge is 2.24. The summed E-state index contributed by atoms with van der Waals surface area (Å²) < 4.78 is 7.06. The number of rotatable bonds is 7. The Bertz CT molecular complexity index is 404. The van der Waals surface area contributed by atoms with E-state index in [-0.39, 0.29) is 5.97 Å². The monoisotopic (exact) mass is 412 g/mol. The van der Waals surface area contributed by atoms with Gasteiger partial charge in [-0.1, -0.05) is 0 Å². The number of carbonyl (C=O) groups is 1. The van der Waals surface area contributed by atoms with E-state index < -0.39 is 6.04 Å². The molecule has 0 radical (unpaired) electrons. The summed E-state index contributed by atoms with van der Waals surface area (Å²) in [5.41, 5.74) is 0. The zero-order chi connectivity index (χ0) is 14.4. The van der Waals surface area contributed by atoms with Crippen molar-refractivity contribution >= 4 is 49.2 Å². The Morgan fingerprint density at radius 3 is 2.68 bits per heavy atom. The summed E-state index contributed by atoms with van der Waals surface area (Å²) in [6, 6.07) is 1.53. The SMILES string of the molecule is CCOC(=O)C(NCCN(C)C)c1cc(Br)c(Br)s1. The third kappa shape index (κ3) is 5.51. The van der Waals surface area contributed by atoms with Gasteiger partial charge in [0.2, 0.25) is 0 Å². The van der Waals surface area contributed by atoms with E-state index >= 15 is 0 Å². The van der Waals surface area contributed by atoms with Crippen LogP contribution in [0.1, 0.15) is 17.8 Å². The van der Waals surface area contributed by atoms with Crippen LogP contribution >= 0.6 is 43.2 Å². The molecule has 1 aromatic heterocycles. The Hall–Kier alpha value is 0.0500. The minimum atomic E-state index is -0.410. The van der Waals surface area contributed by atoms with Gasteiger partial charge in [0.25, 0.3) is 0 Å². The molecule has 0 amide bonds. The van der Waals surface area contributed by atoms with Crippen molar-refractivity contribution in [2.75, 3.05) is 33.8 Å². The van der Waals surface area contributed by atoms with E-state index in [0.29, 0.717) is 6.61 Å². The maximum atomic E-state index is 12.0. The summed E-state index contributed by atoms with van der Waals surface area (Å²) in [6.07, 6.45) is 0. The Morgan fingerprint density at radius 1 is 1.53 bits per heavy atom. The lowest BCUT2D eigenvalue weighted by Gasteiger charge is -2.17. The van der Waals surface area contributed by atoms with Crippen molar-refractivity contribution < 1.29 is 9.53 Å². The van der Waals surface area contributed by atoms with Crippen molar-refractivity contribution in [3.8, 4) is 0 Å². The van der Waals surface area contributed by atoms with Crippen LogP contribution in [-0.2, 0) is 9.53 Å². The molecule has 0 saturated heterocycles. The number of halogens is 2.